The van der Waals surface area contributed by atoms with Crippen molar-refractivity contribution in [2.24, 2.45) is 11.8 Å². The summed E-state index contributed by atoms with van der Waals surface area (Å²) in [6.07, 6.45) is 8.10. The summed E-state index contributed by atoms with van der Waals surface area (Å²) in [7, 11) is 0. The molecule has 0 spiro atoms. The van der Waals surface area contributed by atoms with Crippen LogP contribution in [0.1, 0.15) is 71.1 Å². The van der Waals surface area contributed by atoms with Gasteiger partial charge in [0.2, 0.25) is 0 Å². The fourth-order valence-electron chi connectivity index (χ4n) is 3.76. The molecule has 1 fully saturated rings. The second-order valence-corrected chi connectivity index (χ2v) is 7.69. The lowest BCUT2D eigenvalue weighted by Gasteiger charge is -2.21. The number of carboxylic acids is 1. The average molecular weight is 373 g/mol. The minimum atomic E-state index is -0.767. The highest BCUT2D eigenvalue weighted by molar-refractivity contribution is 5.66. The Morgan fingerprint density at radius 3 is 2.38 bits per heavy atom. The molecule has 1 rings (SSSR count). The van der Waals surface area contributed by atoms with Crippen LogP contribution >= 0.6 is 0 Å². The maximum Gasteiger partial charge on any atom is 0.303 e. The maximum absolute atomic E-state index is 10.5. The Bertz CT molecular complexity index is 423. The maximum atomic E-state index is 10.5. The van der Waals surface area contributed by atoms with E-state index in [1.165, 1.54) is 0 Å². The van der Waals surface area contributed by atoms with E-state index in [4.69, 9.17) is 5.11 Å². The van der Waals surface area contributed by atoms with Crippen molar-refractivity contribution >= 4 is 5.97 Å². The molecule has 5 N–H and O–H groups in total. The van der Waals surface area contributed by atoms with Crippen molar-refractivity contribution in [1.82, 2.24) is 0 Å². The van der Waals surface area contributed by atoms with Gasteiger partial charge in [-0.25, -0.2) is 0 Å². The molecule has 0 amide bonds. The SMILES string of the molecule is C[C@@H](O)CCC[C@H](O)/C=C/[C@@H]1[C@@H](CCCCCCC(=O)O)[C@@H](O)C[C@H]1O. The van der Waals surface area contributed by atoms with Crippen molar-refractivity contribution in [2.45, 2.75) is 95.5 Å². The zero-order valence-corrected chi connectivity index (χ0v) is 15.8. The molecule has 1 aliphatic carbocycles. The number of hydrogen-bond donors (Lipinski definition) is 5. The highest BCUT2D eigenvalue weighted by Crippen LogP contribution is 2.37. The lowest BCUT2D eigenvalue weighted by Crippen LogP contribution is -2.21. The van der Waals surface area contributed by atoms with Crippen molar-refractivity contribution in [1.29, 1.82) is 0 Å². The molecule has 0 aliphatic heterocycles. The molecule has 6 atom stereocenters. The van der Waals surface area contributed by atoms with Gasteiger partial charge >= 0.3 is 5.97 Å². The third kappa shape index (κ3) is 9.12. The van der Waals surface area contributed by atoms with Crippen LogP contribution in [-0.2, 0) is 4.79 Å². The summed E-state index contributed by atoms with van der Waals surface area (Å²) in [5.41, 5.74) is 0. The van der Waals surface area contributed by atoms with Crippen LogP contribution in [-0.4, -0.2) is 55.9 Å². The molecule has 6 nitrogen and oxygen atoms in total. The molecule has 152 valence electrons. The zero-order valence-electron chi connectivity index (χ0n) is 15.8. The quantitative estimate of drug-likeness (QED) is 0.250. The van der Waals surface area contributed by atoms with E-state index in [2.05, 4.69) is 0 Å². The number of aliphatic hydroxyl groups excluding tert-OH is 4. The van der Waals surface area contributed by atoms with Gasteiger partial charge in [-0.2, -0.15) is 0 Å². The van der Waals surface area contributed by atoms with Gasteiger partial charge in [0.1, 0.15) is 0 Å². The summed E-state index contributed by atoms with van der Waals surface area (Å²) in [6, 6.07) is 0. The molecule has 0 unspecified atom stereocenters. The topological polar surface area (TPSA) is 118 Å². The summed E-state index contributed by atoms with van der Waals surface area (Å²) < 4.78 is 0. The van der Waals surface area contributed by atoms with E-state index in [0.717, 1.165) is 32.1 Å². The molecule has 1 saturated carbocycles. The van der Waals surface area contributed by atoms with E-state index in [1.54, 1.807) is 13.0 Å². The van der Waals surface area contributed by atoms with E-state index in [1.807, 2.05) is 6.08 Å². The van der Waals surface area contributed by atoms with Crippen LogP contribution in [0.2, 0.25) is 0 Å². The summed E-state index contributed by atoms with van der Waals surface area (Å²) in [5, 5.41) is 48.3. The van der Waals surface area contributed by atoms with Gasteiger partial charge in [-0.05, 0) is 44.9 Å². The number of carbonyl (C=O) groups is 1. The second-order valence-electron chi connectivity index (χ2n) is 7.69. The molecule has 1 aliphatic rings. The largest absolute Gasteiger partial charge is 0.481 e. The molecule has 0 aromatic carbocycles. The molecule has 0 saturated heterocycles. The summed E-state index contributed by atoms with van der Waals surface area (Å²) in [5.74, 6) is -0.947. The van der Waals surface area contributed by atoms with Crippen molar-refractivity contribution in [3.05, 3.63) is 12.2 Å². The lowest BCUT2D eigenvalue weighted by molar-refractivity contribution is -0.137. The normalized spacial score (nSPS) is 28.5. The first-order valence-electron chi connectivity index (χ1n) is 9.93. The first kappa shape index (κ1) is 23.1. The third-order valence-electron chi connectivity index (χ3n) is 5.27. The van der Waals surface area contributed by atoms with E-state index in [9.17, 15) is 25.2 Å². The van der Waals surface area contributed by atoms with Crippen LogP contribution < -0.4 is 0 Å². The molecule has 0 bridgehead atoms. The predicted octanol–water partition coefficient (Wildman–Crippen LogP) is 2.24. The lowest BCUT2D eigenvalue weighted by atomic mass is 9.88. The molecule has 6 heteroatoms. The van der Waals surface area contributed by atoms with Gasteiger partial charge in [0.05, 0.1) is 24.4 Å². The van der Waals surface area contributed by atoms with Crippen LogP contribution in [0.15, 0.2) is 12.2 Å². The van der Waals surface area contributed by atoms with Gasteiger partial charge < -0.3 is 25.5 Å². The second kappa shape index (κ2) is 12.4. The minimum Gasteiger partial charge on any atom is -0.481 e. The Labute approximate surface area is 156 Å². The molecule has 0 radical (unpaired) electrons. The standard InChI is InChI=1S/C20H36O6/c1-14(21)7-6-8-15(22)11-12-17-16(18(23)13-19(17)24)9-4-2-3-5-10-20(25)26/h11-12,14-19,21-24H,2-10,13H2,1H3,(H,25,26)/b12-11+/t14-,15+,16-,17-,18+,19-/m1/s1. The van der Waals surface area contributed by atoms with Crippen LogP contribution in [0.5, 0.6) is 0 Å². The van der Waals surface area contributed by atoms with Gasteiger partial charge in [0.15, 0.2) is 0 Å². The van der Waals surface area contributed by atoms with Crippen molar-refractivity contribution in [3.63, 3.8) is 0 Å². The van der Waals surface area contributed by atoms with E-state index in [0.29, 0.717) is 25.7 Å². The average Bonchev–Trinajstić information content (AvgIpc) is 2.81. The predicted molar refractivity (Wildman–Crippen MR) is 99.6 cm³/mol. The van der Waals surface area contributed by atoms with Crippen LogP contribution in [0.4, 0.5) is 0 Å². The van der Waals surface area contributed by atoms with E-state index < -0.39 is 24.3 Å². The Balaban J connectivity index is 2.38. The fraction of sp³-hybridized carbons (Fsp3) is 0.850. The van der Waals surface area contributed by atoms with Gasteiger partial charge in [-0.15, -0.1) is 0 Å². The highest BCUT2D eigenvalue weighted by atomic mass is 16.4. The Morgan fingerprint density at radius 2 is 1.73 bits per heavy atom. The smallest absolute Gasteiger partial charge is 0.303 e. The number of carboxylic acid groups (broad SMARTS) is 1. The Kier molecular flexibility index (Phi) is 11.0. The van der Waals surface area contributed by atoms with Crippen LogP contribution in [0.25, 0.3) is 0 Å². The van der Waals surface area contributed by atoms with Crippen molar-refractivity contribution < 1.29 is 30.3 Å². The molecule has 0 aromatic rings. The number of hydrogen-bond acceptors (Lipinski definition) is 5. The summed E-state index contributed by atoms with van der Waals surface area (Å²) >= 11 is 0. The number of rotatable bonds is 13. The Hall–Kier alpha value is -0.950. The van der Waals surface area contributed by atoms with Gasteiger partial charge in [-0.3, -0.25) is 4.79 Å². The first-order valence-corrected chi connectivity index (χ1v) is 9.93. The summed E-state index contributed by atoms with van der Waals surface area (Å²) in [4.78, 5) is 10.5. The van der Waals surface area contributed by atoms with Crippen LogP contribution in [0, 0.1) is 11.8 Å². The molecule has 26 heavy (non-hydrogen) atoms. The molecule has 0 aromatic heterocycles. The van der Waals surface area contributed by atoms with Crippen molar-refractivity contribution in [2.75, 3.05) is 0 Å². The van der Waals surface area contributed by atoms with Crippen LogP contribution in [0.3, 0.4) is 0 Å². The first-order chi connectivity index (χ1) is 12.3. The number of aliphatic carboxylic acids is 1. The summed E-state index contributed by atoms with van der Waals surface area (Å²) in [6.45, 7) is 1.73. The van der Waals surface area contributed by atoms with Gasteiger partial charge in [0.25, 0.3) is 0 Å². The Morgan fingerprint density at radius 1 is 1.04 bits per heavy atom. The number of unbranched alkanes of at least 4 members (excludes halogenated alkanes) is 3. The zero-order chi connectivity index (χ0) is 19.5. The minimum absolute atomic E-state index is 0.0228. The molecule has 0 heterocycles. The third-order valence-corrected chi connectivity index (χ3v) is 5.27. The number of aliphatic hydroxyl groups is 4. The van der Waals surface area contributed by atoms with Crippen molar-refractivity contribution in [3.8, 4) is 0 Å². The fourth-order valence-corrected chi connectivity index (χ4v) is 3.76. The van der Waals surface area contributed by atoms with Gasteiger partial charge in [-0.1, -0.05) is 31.4 Å². The molecular weight excluding hydrogens is 336 g/mol. The monoisotopic (exact) mass is 372 g/mol. The van der Waals surface area contributed by atoms with E-state index in [-0.39, 0.29) is 24.4 Å². The molecular formula is C20H36O6. The van der Waals surface area contributed by atoms with Gasteiger partial charge in [0, 0.05) is 18.8 Å². The van der Waals surface area contributed by atoms with E-state index >= 15 is 0 Å². The highest BCUT2D eigenvalue weighted by Gasteiger charge is 2.39.